The van der Waals surface area contributed by atoms with E-state index >= 15 is 0 Å². The van der Waals surface area contributed by atoms with E-state index < -0.39 is 11.7 Å². The van der Waals surface area contributed by atoms with Crippen LogP contribution in [0.1, 0.15) is 39.7 Å². The number of ether oxygens (including phenoxy) is 2. The van der Waals surface area contributed by atoms with E-state index in [4.69, 9.17) is 9.47 Å². The van der Waals surface area contributed by atoms with Gasteiger partial charge in [-0.25, -0.2) is 4.79 Å². The Kier molecular flexibility index (Phi) is 4.37. The highest BCUT2D eigenvalue weighted by Gasteiger charge is 2.31. The van der Waals surface area contributed by atoms with Crippen LogP contribution in [0.5, 0.6) is 0 Å². The number of nitrogens with one attached hydrogen (secondary N) is 1. The van der Waals surface area contributed by atoms with Crippen LogP contribution in [0.4, 0.5) is 10.5 Å². The zero-order valence-corrected chi connectivity index (χ0v) is 12.9. The molecule has 1 saturated carbocycles. The van der Waals surface area contributed by atoms with Gasteiger partial charge in [0, 0.05) is 19.3 Å². The molecule has 1 aliphatic rings. The van der Waals surface area contributed by atoms with Gasteiger partial charge in [0.05, 0.1) is 6.10 Å². The lowest BCUT2D eigenvalue weighted by Crippen LogP contribution is -2.38. The zero-order valence-electron chi connectivity index (χ0n) is 12.9. The van der Waals surface area contributed by atoms with E-state index in [0.717, 1.165) is 12.8 Å². The molecule has 1 fully saturated rings. The van der Waals surface area contributed by atoms with Crippen molar-refractivity contribution < 1.29 is 14.3 Å². The number of aromatic nitrogens is 1. The Balaban J connectivity index is 2.08. The monoisotopic (exact) mass is 294 g/mol. The van der Waals surface area contributed by atoms with E-state index in [9.17, 15) is 9.59 Å². The van der Waals surface area contributed by atoms with Gasteiger partial charge in [-0.05, 0) is 45.7 Å². The van der Waals surface area contributed by atoms with E-state index in [1.807, 2.05) is 0 Å². The Bertz CT molecular complexity index is 568. The van der Waals surface area contributed by atoms with E-state index in [2.05, 4.69) is 5.32 Å². The van der Waals surface area contributed by atoms with Crippen molar-refractivity contribution in [3.63, 3.8) is 0 Å². The summed E-state index contributed by atoms with van der Waals surface area (Å²) in [4.78, 5) is 24.1. The van der Waals surface area contributed by atoms with E-state index in [0.29, 0.717) is 0 Å². The lowest BCUT2D eigenvalue weighted by atomic mass is 9.89. The topological polar surface area (TPSA) is 69.6 Å². The Hall–Kier alpha value is -1.82. The first-order valence-electron chi connectivity index (χ1n) is 7.04. The third-order valence-corrected chi connectivity index (χ3v) is 3.41. The third-order valence-electron chi connectivity index (χ3n) is 3.41. The molecule has 116 valence electrons. The maximum absolute atomic E-state index is 12.4. The normalized spacial score (nSPS) is 21.5. The summed E-state index contributed by atoms with van der Waals surface area (Å²) in [6, 6.07) is 3.45. The van der Waals surface area contributed by atoms with Crippen molar-refractivity contribution in [1.82, 2.24) is 4.57 Å². The van der Waals surface area contributed by atoms with Crippen molar-refractivity contribution >= 4 is 11.8 Å². The fourth-order valence-electron chi connectivity index (χ4n) is 2.26. The standard InChI is InChI=1S/C15H22N2O4/c1-15(2,3)21-14(19)16-12-6-5-7-17(13(12)18)10-8-11(9-10)20-4/h5-7,10-11H,8-9H2,1-4H3,(H,16,19). The molecule has 0 aliphatic heterocycles. The smallest absolute Gasteiger partial charge is 0.412 e. The summed E-state index contributed by atoms with van der Waals surface area (Å²) in [6.07, 6.45) is 2.95. The summed E-state index contributed by atoms with van der Waals surface area (Å²) in [7, 11) is 1.67. The van der Waals surface area contributed by atoms with Crippen LogP contribution in [-0.4, -0.2) is 29.5 Å². The number of carbonyl (C=O) groups is 1. The molecule has 1 aromatic rings. The van der Waals surface area contributed by atoms with Gasteiger partial charge in [-0.2, -0.15) is 0 Å². The molecule has 1 aliphatic carbocycles. The fraction of sp³-hybridized carbons (Fsp3) is 0.600. The second kappa shape index (κ2) is 5.89. The van der Waals surface area contributed by atoms with Crippen LogP contribution in [0.15, 0.2) is 23.1 Å². The van der Waals surface area contributed by atoms with Crippen molar-refractivity contribution in [3.8, 4) is 0 Å². The first-order chi connectivity index (χ1) is 9.80. The van der Waals surface area contributed by atoms with Gasteiger partial charge in [0.15, 0.2) is 0 Å². The van der Waals surface area contributed by atoms with Gasteiger partial charge >= 0.3 is 6.09 Å². The Labute approximate surface area is 124 Å². The Morgan fingerprint density at radius 1 is 1.38 bits per heavy atom. The maximum Gasteiger partial charge on any atom is 0.412 e. The maximum atomic E-state index is 12.4. The van der Waals surface area contributed by atoms with Crippen LogP contribution in [0.25, 0.3) is 0 Å². The number of carbonyl (C=O) groups excluding carboxylic acids is 1. The molecule has 0 atom stereocenters. The number of hydrogen-bond acceptors (Lipinski definition) is 4. The van der Waals surface area contributed by atoms with Crippen molar-refractivity contribution in [2.45, 2.75) is 51.4 Å². The molecule has 0 unspecified atom stereocenters. The molecule has 1 N–H and O–H groups in total. The summed E-state index contributed by atoms with van der Waals surface area (Å²) in [5.74, 6) is 0. The van der Waals surface area contributed by atoms with Gasteiger partial charge in [-0.3, -0.25) is 10.1 Å². The second-order valence-electron chi connectivity index (χ2n) is 6.24. The van der Waals surface area contributed by atoms with Crippen LogP contribution in [-0.2, 0) is 9.47 Å². The SMILES string of the molecule is COC1CC(n2cccc(NC(=O)OC(C)(C)C)c2=O)C1. The predicted molar refractivity (Wildman–Crippen MR) is 79.6 cm³/mol. The number of hydrogen-bond donors (Lipinski definition) is 1. The number of methoxy groups -OCH3 is 1. The number of nitrogens with zero attached hydrogens (tertiary/aromatic N) is 1. The highest BCUT2D eigenvalue weighted by Crippen LogP contribution is 2.33. The highest BCUT2D eigenvalue weighted by atomic mass is 16.6. The minimum atomic E-state index is -0.624. The number of rotatable bonds is 3. The molecule has 6 heteroatoms. The van der Waals surface area contributed by atoms with Gasteiger partial charge in [-0.1, -0.05) is 0 Å². The molecule has 1 aromatic heterocycles. The van der Waals surface area contributed by atoms with Crippen LogP contribution in [0.2, 0.25) is 0 Å². The number of amides is 1. The second-order valence-corrected chi connectivity index (χ2v) is 6.24. The molecule has 0 bridgehead atoms. The van der Waals surface area contributed by atoms with Gasteiger partial charge < -0.3 is 14.0 Å². The van der Waals surface area contributed by atoms with Gasteiger partial charge in [0.1, 0.15) is 11.3 Å². The minimum Gasteiger partial charge on any atom is -0.444 e. The molecule has 1 amide bonds. The van der Waals surface area contributed by atoms with Crippen LogP contribution in [0.3, 0.4) is 0 Å². The Morgan fingerprint density at radius 3 is 2.62 bits per heavy atom. The van der Waals surface area contributed by atoms with Gasteiger partial charge in [0.25, 0.3) is 5.56 Å². The average Bonchev–Trinajstić information content (AvgIpc) is 2.30. The first kappa shape index (κ1) is 15.6. The summed E-state index contributed by atoms with van der Waals surface area (Å²) in [5.41, 5.74) is -0.590. The summed E-state index contributed by atoms with van der Waals surface area (Å²) in [5, 5.41) is 2.51. The predicted octanol–water partition coefficient (Wildman–Crippen LogP) is 2.55. The summed E-state index contributed by atoms with van der Waals surface area (Å²) < 4.78 is 12.0. The molecule has 0 radical (unpaired) electrons. The summed E-state index contributed by atoms with van der Waals surface area (Å²) in [6.45, 7) is 5.32. The average molecular weight is 294 g/mol. The first-order valence-corrected chi connectivity index (χ1v) is 7.04. The van der Waals surface area contributed by atoms with Crippen molar-refractivity contribution in [2.75, 3.05) is 12.4 Å². The van der Waals surface area contributed by atoms with Crippen LogP contribution >= 0.6 is 0 Å². The summed E-state index contributed by atoms with van der Waals surface area (Å²) >= 11 is 0. The minimum absolute atomic E-state index is 0.128. The van der Waals surface area contributed by atoms with Gasteiger partial charge in [-0.15, -0.1) is 0 Å². The largest absolute Gasteiger partial charge is 0.444 e. The lowest BCUT2D eigenvalue weighted by molar-refractivity contribution is 0.00519. The molecule has 1 heterocycles. The van der Waals surface area contributed by atoms with Crippen LogP contribution < -0.4 is 10.9 Å². The third kappa shape index (κ3) is 3.85. The molecule has 21 heavy (non-hydrogen) atoms. The van der Waals surface area contributed by atoms with Crippen molar-refractivity contribution in [2.24, 2.45) is 0 Å². The van der Waals surface area contributed by atoms with Crippen molar-refractivity contribution in [3.05, 3.63) is 28.7 Å². The fourth-order valence-corrected chi connectivity index (χ4v) is 2.26. The highest BCUT2D eigenvalue weighted by molar-refractivity contribution is 5.84. The number of anilines is 1. The lowest BCUT2D eigenvalue weighted by Gasteiger charge is -2.35. The molecular formula is C15H22N2O4. The molecule has 0 saturated heterocycles. The van der Waals surface area contributed by atoms with E-state index in [1.54, 1.807) is 50.8 Å². The molecular weight excluding hydrogens is 272 g/mol. The van der Waals surface area contributed by atoms with Gasteiger partial charge in [0.2, 0.25) is 0 Å². The quantitative estimate of drug-likeness (QED) is 0.930. The van der Waals surface area contributed by atoms with E-state index in [1.165, 1.54) is 0 Å². The Morgan fingerprint density at radius 2 is 2.05 bits per heavy atom. The molecule has 6 nitrogen and oxygen atoms in total. The number of pyridine rings is 1. The van der Waals surface area contributed by atoms with E-state index in [-0.39, 0.29) is 23.4 Å². The molecule has 0 spiro atoms. The molecule has 2 rings (SSSR count). The van der Waals surface area contributed by atoms with Crippen LogP contribution in [0, 0.1) is 0 Å². The van der Waals surface area contributed by atoms with Crippen molar-refractivity contribution in [1.29, 1.82) is 0 Å². The molecule has 0 aromatic carbocycles. The zero-order chi connectivity index (χ0) is 15.6.